The maximum absolute atomic E-state index is 13.7. The van der Waals surface area contributed by atoms with Crippen LogP contribution in [0.5, 0.6) is 0 Å². The SMILES string of the molecule is CCOC(=O)C(F)(F)C(O)c1ccc(-c2noc(C(F)(F)F)n2)s1. The second-order valence-electron chi connectivity index (χ2n) is 4.37. The predicted molar refractivity (Wildman–Crippen MR) is 69.2 cm³/mol. The van der Waals surface area contributed by atoms with Gasteiger partial charge in [0.2, 0.25) is 5.82 Å². The quantitative estimate of drug-likeness (QED) is 0.641. The van der Waals surface area contributed by atoms with Gasteiger partial charge in [-0.2, -0.15) is 26.9 Å². The van der Waals surface area contributed by atoms with Gasteiger partial charge in [-0.15, -0.1) is 11.3 Å². The molecule has 0 aliphatic rings. The maximum Gasteiger partial charge on any atom is 0.471 e. The number of alkyl halides is 5. The molecule has 0 aliphatic heterocycles. The van der Waals surface area contributed by atoms with Crippen molar-refractivity contribution in [3.05, 3.63) is 22.9 Å². The van der Waals surface area contributed by atoms with Crippen LogP contribution in [0.3, 0.4) is 0 Å². The van der Waals surface area contributed by atoms with E-state index in [0.29, 0.717) is 11.3 Å². The number of esters is 1. The molecule has 2 aromatic rings. The van der Waals surface area contributed by atoms with Crippen molar-refractivity contribution < 1.29 is 41.1 Å². The molecule has 1 N–H and O–H groups in total. The van der Waals surface area contributed by atoms with Crippen LogP contribution in [0.25, 0.3) is 10.7 Å². The van der Waals surface area contributed by atoms with Gasteiger partial charge in [0.25, 0.3) is 0 Å². The summed E-state index contributed by atoms with van der Waals surface area (Å²) in [6.45, 7) is 1.01. The summed E-state index contributed by atoms with van der Waals surface area (Å²) in [5.41, 5.74) is 0. The molecule has 12 heteroatoms. The lowest BCUT2D eigenvalue weighted by Gasteiger charge is -2.19. The molecule has 0 radical (unpaired) electrons. The zero-order valence-electron chi connectivity index (χ0n) is 11.8. The van der Waals surface area contributed by atoms with Gasteiger partial charge >= 0.3 is 24.0 Å². The summed E-state index contributed by atoms with van der Waals surface area (Å²) in [7, 11) is 0. The van der Waals surface area contributed by atoms with Crippen molar-refractivity contribution >= 4 is 17.3 Å². The highest BCUT2D eigenvalue weighted by atomic mass is 32.1. The molecular weight excluding hydrogens is 363 g/mol. The summed E-state index contributed by atoms with van der Waals surface area (Å²) in [5, 5.41) is 12.8. The number of nitrogens with zero attached hydrogens (tertiary/aromatic N) is 2. The highest BCUT2D eigenvalue weighted by molar-refractivity contribution is 7.15. The van der Waals surface area contributed by atoms with Gasteiger partial charge in [0, 0.05) is 4.88 Å². The summed E-state index contributed by atoms with van der Waals surface area (Å²) < 4.78 is 72.8. The van der Waals surface area contributed by atoms with Crippen molar-refractivity contribution in [2.24, 2.45) is 0 Å². The molecule has 2 aromatic heterocycles. The van der Waals surface area contributed by atoms with Crippen LogP contribution in [-0.2, 0) is 15.7 Å². The molecule has 0 spiro atoms. The number of aromatic nitrogens is 2. The Morgan fingerprint density at radius 1 is 1.38 bits per heavy atom. The van der Waals surface area contributed by atoms with Crippen LogP contribution < -0.4 is 0 Å². The number of carbonyl (C=O) groups excluding carboxylic acids is 1. The summed E-state index contributed by atoms with van der Waals surface area (Å²) >= 11 is 0.490. The average Bonchev–Trinajstić information content (AvgIpc) is 3.14. The van der Waals surface area contributed by atoms with E-state index in [0.717, 1.165) is 12.1 Å². The third-order valence-electron chi connectivity index (χ3n) is 2.68. The first-order chi connectivity index (χ1) is 11.1. The van der Waals surface area contributed by atoms with Gasteiger partial charge in [-0.3, -0.25) is 0 Å². The van der Waals surface area contributed by atoms with Gasteiger partial charge in [0.1, 0.15) is 0 Å². The molecule has 0 aromatic carbocycles. The molecule has 24 heavy (non-hydrogen) atoms. The van der Waals surface area contributed by atoms with Crippen LogP contribution in [0, 0.1) is 0 Å². The highest BCUT2D eigenvalue weighted by Gasteiger charge is 2.49. The molecule has 1 atom stereocenters. The smallest absolute Gasteiger partial charge is 0.461 e. The van der Waals surface area contributed by atoms with E-state index >= 15 is 0 Å². The Bertz CT molecular complexity index is 727. The second-order valence-corrected chi connectivity index (χ2v) is 5.48. The molecule has 0 saturated carbocycles. The fourth-order valence-electron chi connectivity index (χ4n) is 1.58. The first-order valence-electron chi connectivity index (χ1n) is 6.31. The minimum atomic E-state index is -4.85. The fourth-order valence-corrected chi connectivity index (χ4v) is 2.54. The van der Waals surface area contributed by atoms with Crippen LogP contribution >= 0.6 is 11.3 Å². The lowest BCUT2D eigenvalue weighted by atomic mass is 10.1. The highest BCUT2D eigenvalue weighted by Crippen LogP contribution is 2.39. The lowest BCUT2D eigenvalue weighted by molar-refractivity contribution is -0.188. The average molecular weight is 372 g/mol. The van der Waals surface area contributed by atoms with E-state index in [2.05, 4.69) is 19.4 Å². The number of rotatable bonds is 5. The monoisotopic (exact) mass is 372 g/mol. The van der Waals surface area contributed by atoms with E-state index in [9.17, 15) is 31.9 Å². The Hall–Kier alpha value is -2.08. The van der Waals surface area contributed by atoms with Crippen molar-refractivity contribution in [3.63, 3.8) is 0 Å². The van der Waals surface area contributed by atoms with Crippen LogP contribution in [0.1, 0.15) is 23.8 Å². The number of ether oxygens (including phenoxy) is 1. The standard InChI is InChI=1S/C12H9F5N2O4S/c1-2-22-10(21)11(13,14)7(20)5-3-4-6(24-5)8-18-9(23-19-8)12(15,16)17/h3-4,7,20H,2H2,1H3. The molecule has 0 saturated heterocycles. The van der Waals surface area contributed by atoms with Gasteiger partial charge < -0.3 is 14.4 Å². The number of aliphatic hydroxyl groups is 1. The number of hydrogen-bond acceptors (Lipinski definition) is 7. The van der Waals surface area contributed by atoms with Gasteiger partial charge in [0.05, 0.1) is 11.5 Å². The summed E-state index contributed by atoms with van der Waals surface area (Å²) in [4.78, 5) is 13.8. The first-order valence-corrected chi connectivity index (χ1v) is 7.13. The third kappa shape index (κ3) is 3.53. The fraction of sp³-hybridized carbons (Fsp3) is 0.417. The Morgan fingerprint density at radius 2 is 2.04 bits per heavy atom. The van der Waals surface area contributed by atoms with Crippen molar-refractivity contribution in [3.8, 4) is 10.7 Å². The molecule has 0 amide bonds. The predicted octanol–water partition coefficient (Wildman–Crippen LogP) is 3.05. The molecule has 132 valence electrons. The zero-order chi connectivity index (χ0) is 18.1. The van der Waals surface area contributed by atoms with E-state index in [4.69, 9.17) is 0 Å². The third-order valence-corrected chi connectivity index (χ3v) is 3.81. The number of thiophene rings is 1. The minimum Gasteiger partial charge on any atom is -0.461 e. The molecule has 1 unspecified atom stereocenters. The molecular formula is C12H9F5N2O4S. The summed E-state index contributed by atoms with van der Waals surface area (Å²) in [6.07, 6.45) is -7.37. The Labute approximate surface area is 134 Å². The van der Waals surface area contributed by atoms with Gasteiger partial charge in [-0.1, -0.05) is 5.16 Å². The van der Waals surface area contributed by atoms with Crippen LogP contribution in [0.2, 0.25) is 0 Å². The van der Waals surface area contributed by atoms with E-state index < -0.39 is 35.9 Å². The van der Waals surface area contributed by atoms with Gasteiger partial charge in [0.15, 0.2) is 6.10 Å². The number of carbonyl (C=O) groups is 1. The van der Waals surface area contributed by atoms with Crippen LogP contribution in [-0.4, -0.2) is 33.7 Å². The molecule has 6 nitrogen and oxygen atoms in total. The normalized spacial score (nSPS) is 13.8. The first kappa shape index (κ1) is 18.3. The minimum absolute atomic E-state index is 0.0528. The zero-order valence-corrected chi connectivity index (χ0v) is 12.6. The van der Waals surface area contributed by atoms with Gasteiger partial charge in [-0.05, 0) is 19.1 Å². The van der Waals surface area contributed by atoms with E-state index in [1.54, 1.807) is 0 Å². The second kappa shape index (κ2) is 6.43. The Balaban J connectivity index is 2.24. The summed E-state index contributed by atoms with van der Waals surface area (Å²) in [6, 6.07) is 2.14. The maximum atomic E-state index is 13.7. The van der Waals surface area contributed by atoms with E-state index in [1.165, 1.54) is 6.92 Å². The number of hydrogen-bond donors (Lipinski definition) is 1. The molecule has 0 bridgehead atoms. The van der Waals surface area contributed by atoms with Crippen molar-refractivity contribution in [2.45, 2.75) is 25.1 Å². The largest absolute Gasteiger partial charge is 0.471 e. The van der Waals surface area contributed by atoms with Crippen molar-refractivity contribution in [1.29, 1.82) is 0 Å². The summed E-state index contributed by atoms with van der Waals surface area (Å²) in [5.74, 6) is -8.20. The molecule has 0 fully saturated rings. The Kier molecular flexibility index (Phi) is 4.90. The van der Waals surface area contributed by atoms with E-state index in [1.807, 2.05) is 0 Å². The van der Waals surface area contributed by atoms with E-state index in [-0.39, 0.29) is 16.4 Å². The van der Waals surface area contributed by atoms with Gasteiger partial charge in [-0.25, -0.2) is 4.79 Å². The van der Waals surface area contributed by atoms with Crippen molar-refractivity contribution in [2.75, 3.05) is 6.61 Å². The lowest BCUT2D eigenvalue weighted by Crippen LogP contribution is -2.37. The van der Waals surface area contributed by atoms with Crippen LogP contribution in [0.15, 0.2) is 16.7 Å². The van der Waals surface area contributed by atoms with Crippen LogP contribution in [0.4, 0.5) is 22.0 Å². The number of aliphatic hydroxyl groups excluding tert-OH is 1. The number of halogens is 5. The van der Waals surface area contributed by atoms with Crippen molar-refractivity contribution in [1.82, 2.24) is 10.1 Å². The topological polar surface area (TPSA) is 85.5 Å². The molecule has 2 heterocycles. The Morgan fingerprint density at radius 3 is 2.58 bits per heavy atom. The molecule has 0 aliphatic carbocycles. The molecule has 2 rings (SSSR count).